The van der Waals surface area contributed by atoms with Gasteiger partial charge in [0.15, 0.2) is 5.76 Å². The average Bonchev–Trinajstić information content (AvgIpc) is 3.13. The van der Waals surface area contributed by atoms with Crippen molar-refractivity contribution in [3.05, 3.63) is 88.7 Å². The van der Waals surface area contributed by atoms with Crippen molar-refractivity contribution in [3.63, 3.8) is 0 Å². The lowest BCUT2D eigenvalue weighted by Gasteiger charge is -2.11. The maximum Gasteiger partial charge on any atom is 0.252 e. The van der Waals surface area contributed by atoms with Gasteiger partial charge in [-0.2, -0.15) is 0 Å². The first kappa shape index (κ1) is 18.0. The lowest BCUT2D eigenvalue weighted by molar-refractivity contribution is 0.0952. The molecule has 0 radical (unpaired) electrons. The molecule has 0 bridgehead atoms. The number of carbonyl (C=O) groups excluding carboxylic acids is 1. The molecular weight excluding hydrogens is 348 g/mol. The number of furan rings is 1. The smallest absolute Gasteiger partial charge is 0.252 e. The van der Waals surface area contributed by atoms with E-state index in [1.165, 1.54) is 5.56 Å². The standard InChI is InChI=1S/C24H22N2O2/c1-15-4-8-18(9-5-15)14-25-24(27)20-13-22(23-11-7-17(3)28-23)26-21-10-6-16(2)12-19(20)21/h4-13H,14H2,1-3H3,(H,25,27). The number of aryl methyl sites for hydroxylation is 3. The predicted molar refractivity (Wildman–Crippen MR) is 111 cm³/mol. The van der Waals surface area contributed by atoms with E-state index in [-0.39, 0.29) is 5.91 Å². The Balaban J connectivity index is 1.71. The zero-order valence-corrected chi connectivity index (χ0v) is 16.2. The summed E-state index contributed by atoms with van der Waals surface area (Å²) in [6.07, 6.45) is 0. The summed E-state index contributed by atoms with van der Waals surface area (Å²) in [7, 11) is 0. The van der Waals surface area contributed by atoms with Gasteiger partial charge in [0.05, 0.1) is 11.1 Å². The number of benzene rings is 2. The summed E-state index contributed by atoms with van der Waals surface area (Å²) >= 11 is 0. The minimum absolute atomic E-state index is 0.122. The maximum atomic E-state index is 13.0. The summed E-state index contributed by atoms with van der Waals surface area (Å²) in [6.45, 7) is 6.43. The third kappa shape index (κ3) is 3.67. The van der Waals surface area contributed by atoms with E-state index >= 15 is 0 Å². The van der Waals surface area contributed by atoms with Crippen molar-refractivity contribution in [2.45, 2.75) is 27.3 Å². The van der Waals surface area contributed by atoms with Crippen molar-refractivity contribution >= 4 is 16.8 Å². The molecule has 0 spiro atoms. The quantitative estimate of drug-likeness (QED) is 0.527. The fourth-order valence-corrected chi connectivity index (χ4v) is 3.21. The summed E-state index contributed by atoms with van der Waals surface area (Å²) in [5, 5.41) is 3.87. The Labute approximate surface area is 164 Å². The third-order valence-electron chi connectivity index (χ3n) is 4.78. The number of aromatic nitrogens is 1. The normalized spacial score (nSPS) is 11.0. The van der Waals surface area contributed by atoms with Crippen LogP contribution in [0.25, 0.3) is 22.4 Å². The van der Waals surface area contributed by atoms with Gasteiger partial charge in [-0.1, -0.05) is 41.5 Å². The van der Waals surface area contributed by atoms with E-state index in [2.05, 4.69) is 5.32 Å². The number of hydrogen-bond donors (Lipinski definition) is 1. The molecule has 0 saturated carbocycles. The summed E-state index contributed by atoms with van der Waals surface area (Å²) in [5.74, 6) is 1.35. The number of rotatable bonds is 4. The van der Waals surface area contributed by atoms with Crippen molar-refractivity contribution < 1.29 is 9.21 Å². The molecule has 0 aliphatic heterocycles. The summed E-state index contributed by atoms with van der Waals surface area (Å²) in [4.78, 5) is 17.7. The van der Waals surface area contributed by atoms with Crippen LogP contribution in [-0.2, 0) is 6.54 Å². The van der Waals surface area contributed by atoms with Gasteiger partial charge < -0.3 is 9.73 Å². The Hall–Kier alpha value is -3.40. The van der Waals surface area contributed by atoms with Gasteiger partial charge >= 0.3 is 0 Å². The van der Waals surface area contributed by atoms with Gasteiger partial charge in [-0.25, -0.2) is 4.98 Å². The first-order valence-corrected chi connectivity index (χ1v) is 9.31. The lowest BCUT2D eigenvalue weighted by atomic mass is 10.0. The van der Waals surface area contributed by atoms with Crippen LogP contribution in [0.3, 0.4) is 0 Å². The number of fused-ring (bicyclic) bond motifs is 1. The van der Waals surface area contributed by atoms with Crippen LogP contribution in [0.2, 0.25) is 0 Å². The van der Waals surface area contributed by atoms with E-state index in [4.69, 9.17) is 9.40 Å². The second-order valence-corrected chi connectivity index (χ2v) is 7.15. The van der Waals surface area contributed by atoms with Gasteiger partial charge in [0.25, 0.3) is 5.91 Å². The number of pyridine rings is 1. The van der Waals surface area contributed by atoms with E-state index in [1.807, 2.05) is 81.4 Å². The molecule has 4 rings (SSSR count). The molecule has 2 aromatic heterocycles. The van der Waals surface area contributed by atoms with Crippen molar-refractivity contribution in [3.8, 4) is 11.5 Å². The molecule has 28 heavy (non-hydrogen) atoms. The minimum atomic E-state index is -0.122. The van der Waals surface area contributed by atoms with Crippen LogP contribution in [0.4, 0.5) is 0 Å². The Morgan fingerprint density at radius 2 is 1.68 bits per heavy atom. The highest BCUT2D eigenvalue weighted by molar-refractivity contribution is 6.07. The summed E-state index contributed by atoms with van der Waals surface area (Å²) < 4.78 is 5.72. The molecule has 2 heterocycles. The van der Waals surface area contributed by atoms with Crippen molar-refractivity contribution in [1.29, 1.82) is 0 Å². The number of carbonyl (C=O) groups is 1. The van der Waals surface area contributed by atoms with Crippen LogP contribution in [0.15, 0.2) is 65.1 Å². The van der Waals surface area contributed by atoms with E-state index in [0.29, 0.717) is 23.6 Å². The minimum Gasteiger partial charge on any atom is -0.460 e. The molecule has 1 amide bonds. The van der Waals surface area contributed by atoms with Crippen LogP contribution >= 0.6 is 0 Å². The van der Waals surface area contributed by atoms with Gasteiger partial charge in [0.2, 0.25) is 0 Å². The Kier molecular flexibility index (Phi) is 4.70. The molecule has 0 aliphatic carbocycles. The highest BCUT2D eigenvalue weighted by Gasteiger charge is 2.15. The third-order valence-corrected chi connectivity index (χ3v) is 4.78. The van der Waals surface area contributed by atoms with E-state index in [1.54, 1.807) is 0 Å². The maximum absolute atomic E-state index is 13.0. The molecule has 2 aromatic carbocycles. The van der Waals surface area contributed by atoms with Crippen molar-refractivity contribution in [2.24, 2.45) is 0 Å². The zero-order chi connectivity index (χ0) is 19.7. The van der Waals surface area contributed by atoms with Gasteiger partial charge in [-0.05, 0) is 56.7 Å². The van der Waals surface area contributed by atoms with Crippen LogP contribution in [-0.4, -0.2) is 10.9 Å². The van der Waals surface area contributed by atoms with E-state index in [9.17, 15) is 4.79 Å². The predicted octanol–water partition coefficient (Wildman–Crippen LogP) is 5.35. The van der Waals surface area contributed by atoms with Crippen LogP contribution < -0.4 is 5.32 Å². The van der Waals surface area contributed by atoms with Crippen LogP contribution in [0.1, 0.15) is 32.8 Å². The van der Waals surface area contributed by atoms with E-state index < -0.39 is 0 Å². The highest BCUT2D eigenvalue weighted by Crippen LogP contribution is 2.27. The van der Waals surface area contributed by atoms with Gasteiger partial charge in [-0.15, -0.1) is 0 Å². The van der Waals surface area contributed by atoms with Gasteiger partial charge in [0.1, 0.15) is 11.5 Å². The van der Waals surface area contributed by atoms with Gasteiger partial charge in [-0.3, -0.25) is 4.79 Å². The monoisotopic (exact) mass is 370 g/mol. The number of nitrogens with one attached hydrogen (secondary N) is 1. The molecule has 0 aliphatic rings. The second-order valence-electron chi connectivity index (χ2n) is 7.15. The Bertz CT molecular complexity index is 1160. The molecule has 140 valence electrons. The fraction of sp³-hybridized carbons (Fsp3) is 0.167. The molecule has 0 atom stereocenters. The Morgan fingerprint density at radius 3 is 2.39 bits per heavy atom. The highest BCUT2D eigenvalue weighted by atomic mass is 16.3. The second kappa shape index (κ2) is 7.31. The topological polar surface area (TPSA) is 55.1 Å². The van der Waals surface area contributed by atoms with Gasteiger partial charge in [0, 0.05) is 11.9 Å². The number of hydrogen-bond acceptors (Lipinski definition) is 3. The molecule has 0 fully saturated rings. The molecule has 4 heteroatoms. The SMILES string of the molecule is Cc1ccc(CNC(=O)c2cc(-c3ccc(C)o3)nc3ccc(C)cc23)cc1. The average molecular weight is 370 g/mol. The number of nitrogens with zero attached hydrogens (tertiary/aromatic N) is 1. The largest absolute Gasteiger partial charge is 0.460 e. The lowest BCUT2D eigenvalue weighted by Crippen LogP contribution is -2.23. The molecular formula is C24H22N2O2. The first-order valence-electron chi connectivity index (χ1n) is 9.31. The summed E-state index contributed by atoms with van der Waals surface area (Å²) in [5.41, 5.74) is 5.38. The summed E-state index contributed by atoms with van der Waals surface area (Å²) in [6, 6.07) is 19.7. The van der Waals surface area contributed by atoms with E-state index in [0.717, 1.165) is 27.8 Å². The fourth-order valence-electron chi connectivity index (χ4n) is 3.21. The molecule has 4 nitrogen and oxygen atoms in total. The van der Waals surface area contributed by atoms with Crippen molar-refractivity contribution in [2.75, 3.05) is 0 Å². The zero-order valence-electron chi connectivity index (χ0n) is 16.2. The molecule has 0 unspecified atom stereocenters. The van der Waals surface area contributed by atoms with Crippen LogP contribution in [0.5, 0.6) is 0 Å². The Morgan fingerprint density at radius 1 is 0.929 bits per heavy atom. The van der Waals surface area contributed by atoms with Crippen LogP contribution in [0, 0.1) is 20.8 Å². The molecule has 0 saturated heterocycles. The number of amides is 1. The van der Waals surface area contributed by atoms with Crippen molar-refractivity contribution in [1.82, 2.24) is 10.3 Å². The molecule has 1 N–H and O–H groups in total. The molecule has 4 aromatic rings. The first-order chi connectivity index (χ1) is 13.5.